The van der Waals surface area contributed by atoms with Gasteiger partial charge in [-0.3, -0.25) is 9.78 Å². The molecular formula is C11H14FNO2. The van der Waals surface area contributed by atoms with Gasteiger partial charge in [-0.2, -0.15) is 0 Å². The fourth-order valence-corrected chi connectivity index (χ4v) is 1.46. The van der Waals surface area contributed by atoms with Crippen LogP contribution in [0.2, 0.25) is 0 Å². The van der Waals surface area contributed by atoms with Gasteiger partial charge in [0, 0.05) is 6.20 Å². The van der Waals surface area contributed by atoms with Crippen LogP contribution in [0, 0.1) is 5.82 Å². The maximum Gasteiger partial charge on any atom is 0.311 e. The van der Waals surface area contributed by atoms with Crippen LogP contribution in [0.4, 0.5) is 4.39 Å². The third-order valence-corrected chi connectivity index (χ3v) is 2.27. The number of hydrogen-bond acceptors (Lipinski definition) is 2. The van der Waals surface area contributed by atoms with Crippen molar-refractivity contribution in [3.8, 4) is 0 Å². The van der Waals surface area contributed by atoms with E-state index in [4.69, 9.17) is 5.11 Å². The normalized spacial score (nSPS) is 12.4. The lowest BCUT2D eigenvalue weighted by atomic mass is 9.95. The maximum atomic E-state index is 12.9. The van der Waals surface area contributed by atoms with Crippen LogP contribution < -0.4 is 0 Å². The molecule has 1 aromatic rings. The van der Waals surface area contributed by atoms with Gasteiger partial charge in [0.2, 0.25) is 0 Å². The summed E-state index contributed by atoms with van der Waals surface area (Å²) in [5.74, 6) is -2.06. The average molecular weight is 211 g/mol. The summed E-state index contributed by atoms with van der Waals surface area (Å²) >= 11 is 0. The summed E-state index contributed by atoms with van der Waals surface area (Å²) in [5, 5.41) is 8.99. The lowest BCUT2D eigenvalue weighted by Gasteiger charge is -2.11. The predicted molar refractivity (Wildman–Crippen MR) is 54.1 cm³/mol. The van der Waals surface area contributed by atoms with E-state index in [0.717, 1.165) is 19.0 Å². The lowest BCUT2D eigenvalue weighted by Crippen LogP contribution is -2.12. The Morgan fingerprint density at radius 1 is 1.60 bits per heavy atom. The zero-order valence-corrected chi connectivity index (χ0v) is 8.61. The minimum atomic E-state index is -0.921. The largest absolute Gasteiger partial charge is 0.481 e. The Balaban J connectivity index is 2.84. The molecule has 3 nitrogen and oxygen atoms in total. The monoisotopic (exact) mass is 211 g/mol. The van der Waals surface area contributed by atoms with Gasteiger partial charge in [-0.25, -0.2) is 4.39 Å². The summed E-state index contributed by atoms with van der Waals surface area (Å²) in [6.45, 7) is 1.99. The van der Waals surface area contributed by atoms with E-state index < -0.39 is 17.7 Å². The van der Waals surface area contributed by atoms with Gasteiger partial charge < -0.3 is 5.11 Å². The first-order chi connectivity index (χ1) is 7.15. The van der Waals surface area contributed by atoms with Crippen LogP contribution in [0.25, 0.3) is 0 Å². The Hall–Kier alpha value is -1.45. The number of aromatic nitrogens is 1. The smallest absolute Gasteiger partial charge is 0.311 e. The minimum absolute atomic E-state index is 0.441. The summed E-state index contributed by atoms with van der Waals surface area (Å²) in [6, 6.07) is 1.24. The molecule has 0 aromatic carbocycles. The molecule has 0 fully saturated rings. The number of carboxylic acid groups (broad SMARTS) is 1. The van der Waals surface area contributed by atoms with Crippen LogP contribution >= 0.6 is 0 Å². The maximum absolute atomic E-state index is 12.9. The van der Waals surface area contributed by atoms with Crippen molar-refractivity contribution in [3.63, 3.8) is 0 Å². The first-order valence-electron chi connectivity index (χ1n) is 4.98. The molecule has 0 amide bonds. The number of hydrogen-bond donors (Lipinski definition) is 1. The van der Waals surface area contributed by atoms with Gasteiger partial charge in [0.25, 0.3) is 0 Å². The standard InChI is InChI=1S/C11H14FNO2/c1-2-3-4-10(11(14)15)8-5-9(12)7-13-6-8/h5-7,10H,2-4H2,1H3,(H,14,15). The molecule has 0 saturated carbocycles. The highest BCUT2D eigenvalue weighted by Crippen LogP contribution is 2.22. The molecule has 15 heavy (non-hydrogen) atoms. The van der Waals surface area contributed by atoms with E-state index in [9.17, 15) is 9.18 Å². The van der Waals surface area contributed by atoms with Gasteiger partial charge in [-0.1, -0.05) is 19.8 Å². The topological polar surface area (TPSA) is 50.2 Å². The van der Waals surface area contributed by atoms with E-state index in [1.54, 1.807) is 0 Å². The molecule has 1 aromatic heterocycles. The molecule has 4 heteroatoms. The zero-order chi connectivity index (χ0) is 11.3. The lowest BCUT2D eigenvalue weighted by molar-refractivity contribution is -0.139. The van der Waals surface area contributed by atoms with Crippen LogP contribution in [-0.4, -0.2) is 16.1 Å². The minimum Gasteiger partial charge on any atom is -0.481 e. The van der Waals surface area contributed by atoms with E-state index in [1.807, 2.05) is 6.92 Å². The number of carboxylic acids is 1. The van der Waals surface area contributed by atoms with E-state index in [0.29, 0.717) is 12.0 Å². The van der Waals surface area contributed by atoms with Crippen molar-refractivity contribution in [2.24, 2.45) is 0 Å². The molecule has 0 aliphatic carbocycles. The molecule has 0 bridgehead atoms. The highest BCUT2D eigenvalue weighted by Gasteiger charge is 2.19. The summed E-state index contributed by atoms with van der Waals surface area (Å²) in [4.78, 5) is 14.6. The molecule has 82 valence electrons. The molecule has 1 atom stereocenters. The van der Waals surface area contributed by atoms with Crippen LogP contribution in [0.3, 0.4) is 0 Å². The summed E-state index contributed by atoms with van der Waals surface area (Å²) < 4.78 is 12.9. The molecule has 0 aliphatic rings. The first-order valence-corrected chi connectivity index (χ1v) is 4.98. The molecule has 1 heterocycles. The number of carbonyl (C=O) groups is 1. The molecular weight excluding hydrogens is 197 g/mol. The summed E-state index contributed by atoms with van der Waals surface area (Å²) in [5.41, 5.74) is 0.441. The third-order valence-electron chi connectivity index (χ3n) is 2.27. The Bertz CT molecular complexity index is 341. The molecule has 1 unspecified atom stereocenters. The van der Waals surface area contributed by atoms with Gasteiger partial charge >= 0.3 is 5.97 Å². The van der Waals surface area contributed by atoms with Gasteiger partial charge in [0.05, 0.1) is 12.1 Å². The van der Waals surface area contributed by atoms with Crippen molar-refractivity contribution in [2.75, 3.05) is 0 Å². The first kappa shape index (κ1) is 11.6. The average Bonchev–Trinajstić information content (AvgIpc) is 2.18. The van der Waals surface area contributed by atoms with E-state index >= 15 is 0 Å². The third kappa shape index (κ3) is 3.31. The SMILES string of the molecule is CCCCC(C(=O)O)c1cncc(F)c1. The predicted octanol–water partition coefficient (Wildman–Crippen LogP) is 2.58. The second-order valence-corrected chi connectivity index (χ2v) is 3.47. The van der Waals surface area contributed by atoms with Gasteiger partial charge in [-0.05, 0) is 18.1 Å². The quantitative estimate of drug-likeness (QED) is 0.814. The molecule has 0 saturated heterocycles. The number of rotatable bonds is 5. The van der Waals surface area contributed by atoms with Crippen molar-refractivity contribution in [2.45, 2.75) is 32.1 Å². The van der Waals surface area contributed by atoms with Crippen molar-refractivity contribution in [3.05, 3.63) is 29.8 Å². The van der Waals surface area contributed by atoms with Crippen LogP contribution in [-0.2, 0) is 4.79 Å². The highest BCUT2D eigenvalue weighted by molar-refractivity contribution is 5.75. The van der Waals surface area contributed by atoms with Gasteiger partial charge in [0.1, 0.15) is 5.82 Å². The van der Waals surface area contributed by atoms with E-state index in [1.165, 1.54) is 12.3 Å². The molecule has 1 N–H and O–H groups in total. The second-order valence-electron chi connectivity index (χ2n) is 3.47. The Morgan fingerprint density at radius 2 is 2.33 bits per heavy atom. The molecule has 0 spiro atoms. The second kappa shape index (κ2) is 5.44. The van der Waals surface area contributed by atoms with E-state index in [-0.39, 0.29) is 0 Å². The fraction of sp³-hybridized carbons (Fsp3) is 0.455. The molecule has 0 aliphatic heterocycles. The Morgan fingerprint density at radius 3 is 2.87 bits per heavy atom. The number of aliphatic carboxylic acids is 1. The van der Waals surface area contributed by atoms with E-state index in [2.05, 4.69) is 4.98 Å². The van der Waals surface area contributed by atoms with Crippen LogP contribution in [0.15, 0.2) is 18.5 Å². The van der Waals surface area contributed by atoms with Crippen molar-refractivity contribution >= 4 is 5.97 Å². The van der Waals surface area contributed by atoms with Gasteiger partial charge in [0.15, 0.2) is 0 Å². The number of pyridine rings is 1. The number of nitrogens with zero attached hydrogens (tertiary/aromatic N) is 1. The summed E-state index contributed by atoms with van der Waals surface area (Å²) in [6.07, 6.45) is 4.75. The highest BCUT2D eigenvalue weighted by atomic mass is 19.1. The zero-order valence-electron chi connectivity index (χ0n) is 8.61. The van der Waals surface area contributed by atoms with Crippen LogP contribution in [0.1, 0.15) is 37.7 Å². The van der Waals surface area contributed by atoms with Crippen LogP contribution in [0.5, 0.6) is 0 Å². The fourth-order valence-electron chi connectivity index (χ4n) is 1.46. The Kier molecular flexibility index (Phi) is 4.21. The van der Waals surface area contributed by atoms with Crippen molar-refractivity contribution in [1.82, 2.24) is 4.98 Å². The number of halogens is 1. The molecule has 1 rings (SSSR count). The number of unbranched alkanes of at least 4 members (excludes halogenated alkanes) is 1. The van der Waals surface area contributed by atoms with Crippen molar-refractivity contribution < 1.29 is 14.3 Å². The van der Waals surface area contributed by atoms with Crippen molar-refractivity contribution in [1.29, 1.82) is 0 Å². The Labute approximate surface area is 88.0 Å². The van der Waals surface area contributed by atoms with Gasteiger partial charge in [-0.15, -0.1) is 0 Å². The molecule has 0 radical (unpaired) electrons. The summed E-state index contributed by atoms with van der Waals surface area (Å²) in [7, 11) is 0.